The van der Waals surface area contributed by atoms with Crippen molar-refractivity contribution in [1.29, 1.82) is 0 Å². The molecule has 0 saturated carbocycles. The molecule has 2 saturated heterocycles. The molecular formula is C19H27N5O. The van der Waals surface area contributed by atoms with Crippen LogP contribution in [0, 0.1) is 6.92 Å². The number of imidazole rings is 1. The van der Waals surface area contributed by atoms with E-state index in [2.05, 4.69) is 19.4 Å². The number of aryl methyl sites for hydroxylation is 1. The van der Waals surface area contributed by atoms with E-state index in [9.17, 15) is 0 Å². The maximum atomic E-state index is 5.51. The molecule has 4 heterocycles. The molecule has 6 heteroatoms. The van der Waals surface area contributed by atoms with Gasteiger partial charge in [0.05, 0.1) is 17.6 Å². The fourth-order valence-electron chi connectivity index (χ4n) is 4.16. The molecule has 4 rings (SSSR count). The van der Waals surface area contributed by atoms with Gasteiger partial charge in [-0.25, -0.2) is 4.98 Å². The minimum absolute atomic E-state index is 0.481. The minimum atomic E-state index is 0.481. The monoisotopic (exact) mass is 341 g/mol. The molecule has 0 aromatic carbocycles. The summed E-state index contributed by atoms with van der Waals surface area (Å²) >= 11 is 0. The van der Waals surface area contributed by atoms with Gasteiger partial charge in [0, 0.05) is 44.6 Å². The van der Waals surface area contributed by atoms with Gasteiger partial charge >= 0.3 is 0 Å². The number of aromatic nitrogens is 4. The third kappa shape index (κ3) is 3.33. The molecule has 2 aliphatic heterocycles. The first-order valence-electron chi connectivity index (χ1n) is 9.35. The highest BCUT2D eigenvalue weighted by Crippen LogP contribution is 2.34. The molecule has 0 radical (unpaired) electrons. The number of nitrogens with zero attached hydrogens (tertiary/aromatic N) is 5. The Morgan fingerprint density at radius 3 is 2.40 bits per heavy atom. The Bertz CT molecular complexity index is 714. The normalized spacial score (nSPS) is 20.9. The molecule has 0 spiro atoms. The maximum absolute atomic E-state index is 5.51. The van der Waals surface area contributed by atoms with Crippen molar-refractivity contribution in [2.24, 2.45) is 7.05 Å². The van der Waals surface area contributed by atoms with E-state index >= 15 is 0 Å². The quantitative estimate of drug-likeness (QED) is 0.859. The smallest absolute Gasteiger partial charge is 0.110 e. The molecule has 0 unspecified atom stereocenters. The number of ether oxygens (including phenoxy) is 1. The molecule has 0 N–H and O–H groups in total. The molecular weight excluding hydrogens is 314 g/mol. The van der Waals surface area contributed by atoms with Crippen molar-refractivity contribution in [3.8, 4) is 11.4 Å². The average Bonchev–Trinajstić information content (AvgIpc) is 3.01. The molecule has 6 nitrogen and oxygen atoms in total. The van der Waals surface area contributed by atoms with E-state index in [1.165, 1.54) is 12.8 Å². The van der Waals surface area contributed by atoms with Gasteiger partial charge in [-0.3, -0.25) is 9.97 Å². The second kappa shape index (κ2) is 7.22. The fourth-order valence-corrected chi connectivity index (χ4v) is 4.16. The van der Waals surface area contributed by atoms with Gasteiger partial charge < -0.3 is 14.2 Å². The van der Waals surface area contributed by atoms with Crippen LogP contribution in [0.1, 0.15) is 43.1 Å². The summed E-state index contributed by atoms with van der Waals surface area (Å²) < 4.78 is 7.61. The van der Waals surface area contributed by atoms with Gasteiger partial charge in [-0.1, -0.05) is 0 Å². The second-order valence-electron chi connectivity index (χ2n) is 7.19. The zero-order valence-electron chi connectivity index (χ0n) is 15.2. The van der Waals surface area contributed by atoms with Crippen molar-refractivity contribution in [3.63, 3.8) is 0 Å². The van der Waals surface area contributed by atoms with Gasteiger partial charge in [-0.05, 0) is 45.7 Å². The first-order valence-corrected chi connectivity index (χ1v) is 9.35. The summed E-state index contributed by atoms with van der Waals surface area (Å²) in [5, 5.41) is 0. The van der Waals surface area contributed by atoms with E-state index in [0.717, 1.165) is 62.1 Å². The zero-order chi connectivity index (χ0) is 17.2. The highest BCUT2D eigenvalue weighted by Gasteiger charge is 2.29. The van der Waals surface area contributed by atoms with E-state index < -0.39 is 0 Å². The predicted molar refractivity (Wildman–Crippen MR) is 96.4 cm³/mol. The summed E-state index contributed by atoms with van der Waals surface area (Å²) in [6.07, 6.45) is 10.2. The van der Waals surface area contributed by atoms with Crippen LogP contribution in [0.3, 0.4) is 0 Å². The molecule has 0 bridgehead atoms. The molecule has 2 aliphatic rings. The lowest BCUT2D eigenvalue weighted by Crippen LogP contribution is -2.43. The van der Waals surface area contributed by atoms with Gasteiger partial charge in [-0.2, -0.15) is 0 Å². The Morgan fingerprint density at radius 2 is 1.72 bits per heavy atom. The average molecular weight is 341 g/mol. The summed E-state index contributed by atoms with van der Waals surface area (Å²) in [5.41, 5.74) is 3.19. The molecule has 134 valence electrons. The van der Waals surface area contributed by atoms with Crippen LogP contribution in [0.15, 0.2) is 18.6 Å². The summed E-state index contributed by atoms with van der Waals surface area (Å²) in [4.78, 5) is 16.5. The molecule has 25 heavy (non-hydrogen) atoms. The standard InChI is InChI=1S/C19H27N5O/c1-14-22-13-17(23(14)2)19-18(20-7-8-21-19)15-3-9-24(10-4-15)16-5-11-25-12-6-16/h7-8,13,15-16H,3-6,9-12H2,1-2H3. The first kappa shape index (κ1) is 16.7. The topological polar surface area (TPSA) is 56.1 Å². The van der Waals surface area contributed by atoms with Crippen LogP contribution in [0.5, 0.6) is 0 Å². The SMILES string of the molecule is Cc1ncc(-c2nccnc2C2CCN(C3CCOCC3)CC2)n1C. The highest BCUT2D eigenvalue weighted by atomic mass is 16.5. The van der Waals surface area contributed by atoms with Gasteiger partial charge in [0.25, 0.3) is 0 Å². The lowest BCUT2D eigenvalue weighted by Gasteiger charge is -2.39. The highest BCUT2D eigenvalue weighted by molar-refractivity contribution is 5.58. The molecule has 2 aromatic heterocycles. The maximum Gasteiger partial charge on any atom is 0.110 e. The number of hydrogen-bond acceptors (Lipinski definition) is 5. The van der Waals surface area contributed by atoms with Crippen LogP contribution in [-0.4, -0.2) is 56.8 Å². The summed E-state index contributed by atoms with van der Waals surface area (Å²) in [5.74, 6) is 1.48. The summed E-state index contributed by atoms with van der Waals surface area (Å²) in [6, 6.07) is 0.704. The van der Waals surface area contributed by atoms with Crippen LogP contribution in [0.2, 0.25) is 0 Å². The van der Waals surface area contributed by atoms with Gasteiger partial charge in [0.15, 0.2) is 0 Å². The third-order valence-electron chi connectivity index (χ3n) is 5.81. The second-order valence-corrected chi connectivity index (χ2v) is 7.19. The Balaban J connectivity index is 1.51. The molecule has 0 atom stereocenters. The Kier molecular flexibility index (Phi) is 4.81. The van der Waals surface area contributed by atoms with Crippen molar-refractivity contribution in [2.45, 2.75) is 44.6 Å². The van der Waals surface area contributed by atoms with E-state index in [0.29, 0.717) is 12.0 Å². The van der Waals surface area contributed by atoms with Crippen molar-refractivity contribution >= 4 is 0 Å². The van der Waals surface area contributed by atoms with Crippen LogP contribution in [0.25, 0.3) is 11.4 Å². The van der Waals surface area contributed by atoms with Crippen molar-refractivity contribution < 1.29 is 4.74 Å². The largest absolute Gasteiger partial charge is 0.381 e. The first-order chi connectivity index (χ1) is 12.2. The minimum Gasteiger partial charge on any atom is -0.381 e. The van der Waals surface area contributed by atoms with Crippen LogP contribution < -0.4 is 0 Å². The molecule has 0 aliphatic carbocycles. The Morgan fingerprint density at radius 1 is 1.00 bits per heavy atom. The van der Waals surface area contributed by atoms with Crippen LogP contribution >= 0.6 is 0 Å². The van der Waals surface area contributed by atoms with Crippen molar-refractivity contribution in [2.75, 3.05) is 26.3 Å². The van der Waals surface area contributed by atoms with Crippen molar-refractivity contribution in [1.82, 2.24) is 24.4 Å². The Hall–Kier alpha value is -1.79. The summed E-state index contributed by atoms with van der Waals surface area (Å²) in [7, 11) is 2.05. The predicted octanol–water partition coefficient (Wildman–Crippen LogP) is 2.54. The van der Waals surface area contributed by atoms with Crippen LogP contribution in [-0.2, 0) is 11.8 Å². The lowest BCUT2D eigenvalue weighted by molar-refractivity contribution is 0.0250. The number of hydrogen-bond donors (Lipinski definition) is 0. The summed E-state index contributed by atoms with van der Waals surface area (Å²) in [6.45, 7) is 6.15. The number of likely N-dealkylation sites (tertiary alicyclic amines) is 1. The van der Waals surface area contributed by atoms with E-state index in [1.54, 1.807) is 6.20 Å². The molecule has 2 fully saturated rings. The van der Waals surface area contributed by atoms with Gasteiger partial charge in [0.2, 0.25) is 0 Å². The van der Waals surface area contributed by atoms with Crippen LogP contribution in [0.4, 0.5) is 0 Å². The van der Waals surface area contributed by atoms with Gasteiger partial charge in [0.1, 0.15) is 11.5 Å². The number of rotatable bonds is 3. The third-order valence-corrected chi connectivity index (χ3v) is 5.81. The molecule has 2 aromatic rings. The van der Waals surface area contributed by atoms with E-state index in [4.69, 9.17) is 9.72 Å². The van der Waals surface area contributed by atoms with Gasteiger partial charge in [-0.15, -0.1) is 0 Å². The number of piperidine rings is 1. The lowest BCUT2D eigenvalue weighted by atomic mass is 9.90. The molecule has 0 amide bonds. The fraction of sp³-hybridized carbons (Fsp3) is 0.632. The van der Waals surface area contributed by atoms with Crippen molar-refractivity contribution in [3.05, 3.63) is 30.1 Å². The van der Waals surface area contributed by atoms with E-state index in [-0.39, 0.29) is 0 Å². The van der Waals surface area contributed by atoms with E-state index in [1.807, 2.05) is 26.4 Å². The zero-order valence-corrected chi connectivity index (χ0v) is 15.2. The Labute approximate surface area is 149 Å².